The Labute approximate surface area is 149 Å². The van der Waals surface area contributed by atoms with E-state index in [1.54, 1.807) is 12.4 Å². The van der Waals surface area contributed by atoms with Gasteiger partial charge in [0, 0.05) is 38.1 Å². The van der Waals surface area contributed by atoms with Gasteiger partial charge in [0.05, 0.1) is 17.4 Å². The summed E-state index contributed by atoms with van der Waals surface area (Å²) in [6, 6.07) is 8.18. The molecule has 1 saturated heterocycles. The van der Waals surface area contributed by atoms with Crippen molar-refractivity contribution in [2.45, 2.75) is 20.8 Å². The summed E-state index contributed by atoms with van der Waals surface area (Å²) in [7, 11) is 0. The zero-order valence-electron chi connectivity index (χ0n) is 15.2. The van der Waals surface area contributed by atoms with Crippen molar-refractivity contribution in [1.82, 2.24) is 14.8 Å². The predicted molar refractivity (Wildman–Crippen MR) is 101 cm³/mol. The fourth-order valence-corrected chi connectivity index (χ4v) is 3.10. The number of amides is 1. The van der Waals surface area contributed by atoms with Crippen molar-refractivity contribution < 1.29 is 4.79 Å². The van der Waals surface area contributed by atoms with Crippen LogP contribution >= 0.6 is 0 Å². The van der Waals surface area contributed by atoms with Gasteiger partial charge >= 0.3 is 0 Å². The van der Waals surface area contributed by atoms with E-state index in [1.165, 1.54) is 5.56 Å². The molecular formula is C20H26N4O. The number of nitrogens with one attached hydrogen (secondary N) is 1. The average molecular weight is 338 g/mol. The van der Waals surface area contributed by atoms with Crippen molar-refractivity contribution in [1.29, 1.82) is 0 Å². The molecule has 0 unspecified atom stereocenters. The summed E-state index contributed by atoms with van der Waals surface area (Å²) in [6.45, 7) is 10.8. The third-order valence-corrected chi connectivity index (χ3v) is 4.76. The summed E-state index contributed by atoms with van der Waals surface area (Å²) >= 11 is 0. The Morgan fingerprint density at radius 1 is 1.12 bits per heavy atom. The van der Waals surface area contributed by atoms with Crippen LogP contribution < -0.4 is 5.32 Å². The Hall–Kier alpha value is -2.40. The van der Waals surface area contributed by atoms with Gasteiger partial charge in [-0.1, -0.05) is 19.1 Å². The highest BCUT2D eigenvalue weighted by Crippen LogP contribution is 2.22. The van der Waals surface area contributed by atoms with Crippen LogP contribution in [0.15, 0.2) is 36.7 Å². The van der Waals surface area contributed by atoms with E-state index in [-0.39, 0.29) is 5.91 Å². The minimum Gasteiger partial charge on any atom is -0.354 e. The summed E-state index contributed by atoms with van der Waals surface area (Å²) < 4.78 is 0. The minimum absolute atomic E-state index is 0.0628. The number of anilines is 2. The molecule has 2 aromatic rings. The van der Waals surface area contributed by atoms with Gasteiger partial charge in [-0.15, -0.1) is 0 Å². The Morgan fingerprint density at radius 3 is 2.60 bits per heavy atom. The number of nitrogens with zero attached hydrogens (tertiary/aromatic N) is 3. The van der Waals surface area contributed by atoms with Gasteiger partial charge in [-0.3, -0.25) is 9.78 Å². The largest absolute Gasteiger partial charge is 0.354 e. The molecule has 0 spiro atoms. The lowest BCUT2D eigenvalue weighted by atomic mass is 10.1. The lowest BCUT2D eigenvalue weighted by molar-refractivity contribution is 0.0643. The SMILES string of the molecule is CCN1CCN(C(=O)c2cncc(Nc3cc(C)ccc3C)c2)CC1. The molecular weight excluding hydrogens is 312 g/mol. The fourth-order valence-electron chi connectivity index (χ4n) is 3.10. The zero-order valence-corrected chi connectivity index (χ0v) is 15.2. The summed E-state index contributed by atoms with van der Waals surface area (Å²) in [5, 5.41) is 3.39. The first kappa shape index (κ1) is 17.4. The topological polar surface area (TPSA) is 48.5 Å². The van der Waals surface area contributed by atoms with Crippen LogP contribution in [0.2, 0.25) is 0 Å². The summed E-state index contributed by atoms with van der Waals surface area (Å²) in [5.74, 6) is 0.0628. The number of carbonyl (C=O) groups excluding carboxylic acids is 1. The maximum Gasteiger partial charge on any atom is 0.255 e. The zero-order chi connectivity index (χ0) is 17.8. The number of carbonyl (C=O) groups is 1. The normalized spacial score (nSPS) is 15.2. The Morgan fingerprint density at radius 2 is 1.88 bits per heavy atom. The molecule has 0 bridgehead atoms. The number of pyridine rings is 1. The van der Waals surface area contributed by atoms with Gasteiger partial charge < -0.3 is 15.1 Å². The summed E-state index contributed by atoms with van der Waals surface area (Å²) in [5.41, 5.74) is 4.88. The van der Waals surface area contributed by atoms with Gasteiger partial charge in [0.25, 0.3) is 5.91 Å². The lowest BCUT2D eigenvalue weighted by Gasteiger charge is -2.34. The molecule has 1 aliphatic rings. The maximum atomic E-state index is 12.8. The van der Waals surface area contributed by atoms with Gasteiger partial charge in [0.15, 0.2) is 0 Å². The van der Waals surface area contributed by atoms with Crippen LogP contribution in [0.1, 0.15) is 28.4 Å². The highest BCUT2D eigenvalue weighted by molar-refractivity contribution is 5.95. The molecule has 25 heavy (non-hydrogen) atoms. The molecule has 0 saturated carbocycles. The number of hydrogen-bond acceptors (Lipinski definition) is 4. The molecule has 1 aromatic heterocycles. The molecule has 132 valence electrons. The number of aryl methyl sites for hydroxylation is 2. The van der Waals surface area contributed by atoms with Gasteiger partial charge in [-0.25, -0.2) is 0 Å². The van der Waals surface area contributed by atoms with Crippen LogP contribution in [0.5, 0.6) is 0 Å². The summed E-state index contributed by atoms with van der Waals surface area (Å²) in [4.78, 5) is 21.3. The number of rotatable bonds is 4. The summed E-state index contributed by atoms with van der Waals surface area (Å²) in [6.07, 6.45) is 3.41. The van der Waals surface area contributed by atoms with E-state index in [0.29, 0.717) is 5.56 Å². The van der Waals surface area contributed by atoms with Crippen molar-refractivity contribution in [2.75, 3.05) is 38.0 Å². The lowest BCUT2D eigenvalue weighted by Crippen LogP contribution is -2.48. The van der Waals surface area contributed by atoms with Gasteiger partial charge in [0.1, 0.15) is 0 Å². The standard InChI is InChI=1S/C20H26N4O/c1-4-23-7-9-24(10-8-23)20(25)17-12-18(14-21-13-17)22-19-11-15(2)5-6-16(19)3/h5-6,11-14,22H,4,7-10H2,1-3H3. The van der Waals surface area contributed by atoms with Crippen LogP contribution in [0.3, 0.4) is 0 Å². The Kier molecular flexibility index (Phi) is 5.34. The second-order valence-electron chi connectivity index (χ2n) is 6.63. The van der Waals surface area contributed by atoms with Crippen molar-refractivity contribution in [3.05, 3.63) is 53.3 Å². The number of benzene rings is 1. The van der Waals surface area contributed by atoms with Gasteiger partial charge in [-0.2, -0.15) is 0 Å². The monoisotopic (exact) mass is 338 g/mol. The van der Waals surface area contributed by atoms with Crippen LogP contribution in [0.4, 0.5) is 11.4 Å². The minimum atomic E-state index is 0.0628. The van der Waals surface area contributed by atoms with Crippen LogP contribution in [0, 0.1) is 13.8 Å². The molecule has 1 N–H and O–H groups in total. The number of likely N-dealkylation sites (N-methyl/N-ethyl adjacent to an activating group) is 1. The molecule has 5 heteroatoms. The molecule has 5 nitrogen and oxygen atoms in total. The second-order valence-corrected chi connectivity index (χ2v) is 6.63. The first-order chi connectivity index (χ1) is 12.1. The van der Waals surface area contributed by atoms with E-state index in [1.807, 2.05) is 11.0 Å². The van der Waals surface area contributed by atoms with E-state index in [4.69, 9.17) is 0 Å². The van der Waals surface area contributed by atoms with Gasteiger partial charge in [-0.05, 0) is 43.7 Å². The van der Waals surface area contributed by atoms with Crippen LogP contribution in [-0.2, 0) is 0 Å². The number of hydrogen-bond donors (Lipinski definition) is 1. The quantitative estimate of drug-likeness (QED) is 0.930. The maximum absolute atomic E-state index is 12.8. The molecule has 1 amide bonds. The van der Waals surface area contributed by atoms with Crippen molar-refractivity contribution in [2.24, 2.45) is 0 Å². The van der Waals surface area contributed by atoms with Crippen molar-refractivity contribution >= 4 is 17.3 Å². The number of aromatic nitrogens is 1. The van der Waals surface area contributed by atoms with Gasteiger partial charge in [0.2, 0.25) is 0 Å². The molecule has 1 fully saturated rings. The van der Waals surface area contributed by atoms with E-state index in [2.05, 4.69) is 54.2 Å². The smallest absolute Gasteiger partial charge is 0.255 e. The molecule has 0 aliphatic carbocycles. The molecule has 0 radical (unpaired) electrons. The first-order valence-corrected chi connectivity index (χ1v) is 8.88. The first-order valence-electron chi connectivity index (χ1n) is 8.88. The van der Waals surface area contributed by atoms with Crippen LogP contribution in [-0.4, -0.2) is 53.4 Å². The molecule has 0 atom stereocenters. The highest BCUT2D eigenvalue weighted by Gasteiger charge is 2.21. The number of piperazine rings is 1. The Balaban J connectivity index is 1.73. The Bertz CT molecular complexity index is 751. The van der Waals surface area contributed by atoms with E-state index < -0.39 is 0 Å². The van der Waals surface area contributed by atoms with Crippen LogP contribution in [0.25, 0.3) is 0 Å². The highest BCUT2D eigenvalue weighted by atomic mass is 16.2. The van der Waals surface area contributed by atoms with E-state index >= 15 is 0 Å². The molecule has 1 aromatic carbocycles. The second kappa shape index (κ2) is 7.66. The average Bonchev–Trinajstić information content (AvgIpc) is 2.64. The van der Waals surface area contributed by atoms with Crippen molar-refractivity contribution in [3.63, 3.8) is 0 Å². The molecule has 1 aliphatic heterocycles. The predicted octanol–water partition coefficient (Wildman–Crippen LogP) is 3.22. The van der Waals surface area contributed by atoms with E-state index in [9.17, 15) is 4.79 Å². The van der Waals surface area contributed by atoms with E-state index in [0.717, 1.165) is 49.7 Å². The molecule has 3 rings (SSSR count). The van der Waals surface area contributed by atoms with Crippen molar-refractivity contribution in [3.8, 4) is 0 Å². The fraction of sp³-hybridized carbons (Fsp3) is 0.400. The third kappa shape index (κ3) is 4.17. The molecule has 2 heterocycles. The third-order valence-electron chi connectivity index (χ3n) is 4.76.